The largest absolute Gasteiger partial charge is 0.310 e. The first kappa shape index (κ1) is 17.9. The van der Waals surface area contributed by atoms with Crippen LogP contribution in [0.25, 0.3) is 0 Å². The number of imide groups is 1. The van der Waals surface area contributed by atoms with Crippen LogP contribution >= 0.6 is 0 Å². The van der Waals surface area contributed by atoms with E-state index in [-0.39, 0.29) is 36.7 Å². The van der Waals surface area contributed by atoms with Crippen LogP contribution in [0, 0.1) is 12.8 Å². The van der Waals surface area contributed by atoms with Gasteiger partial charge in [0.05, 0.1) is 11.1 Å². The summed E-state index contributed by atoms with van der Waals surface area (Å²) in [4.78, 5) is 40.6. The fourth-order valence-corrected chi connectivity index (χ4v) is 3.12. The van der Waals surface area contributed by atoms with Crippen LogP contribution in [0.2, 0.25) is 0 Å². The number of carbonyl (C=O) groups excluding carboxylic acids is 3. The standard InChI is InChI=1S/C21H22N2O3/c1-14(2)19(24)22(16-8-6-7-15(3)13-16)11-12-23-20(25)17-9-4-5-10-18(17)21(23)26/h4-10,13-14H,11-12H2,1-3H3. The van der Waals surface area contributed by atoms with Gasteiger partial charge in [-0.15, -0.1) is 0 Å². The van der Waals surface area contributed by atoms with Crippen molar-refractivity contribution >= 4 is 23.4 Å². The molecule has 0 atom stereocenters. The lowest BCUT2D eigenvalue weighted by atomic mass is 10.1. The van der Waals surface area contributed by atoms with Crippen molar-refractivity contribution in [3.63, 3.8) is 0 Å². The molecule has 5 nitrogen and oxygen atoms in total. The Balaban J connectivity index is 1.82. The van der Waals surface area contributed by atoms with E-state index < -0.39 is 0 Å². The van der Waals surface area contributed by atoms with Crippen molar-refractivity contribution in [3.05, 3.63) is 65.2 Å². The predicted molar refractivity (Wildman–Crippen MR) is 100 cm³/mol. The van der Waals surface area contributed by atoms with Gasteiger partial charge in [-0.05, 0) is 36.8 Å². The van der Waals surface area contributed by atoms with Gasteiger partial charge in [-0.25, -0.2) is 0 Å². The van der Waals surface area contributed by atoms with Crippen LogP contribution in [-0.2, 0) is 4.79 Å². The Kier molecular flexibility index (Phi) is 4.89. The van der Waals surface area contributed by atoms with Gasteiger partial charge in [0.15, 0.2) is 0 Å². The zero-order valence-corrected chi connectivity index (χ0v) is 15.2. The minimum absolute atomic E-state index is 0.0350. The van der Waals surface area contributed by atoms with Crippen LogP contribution in [0.3, 0.4) is 0 Å². The molecule has 0 aliphatic carbocycles. The van der Waals surface area contributed by atoms with Crippen molar-refractivity contribution in [2.45, 2.75) is 20.8 Å². The van der Waals surface area contributed by atoms with E-state index in [9.17, 15) is 14.4 Å². The molecule has 1 heterocycles. The van der Waals surface area contributed by atoms with E-state index >= 15 is 0 Å². The first-order chi connectivity index (χ1) is 12.4. The second kappa shape index (κ2) is 7.12. The minimum Gasteiger partial charge on any atom is -0.310 e. The molecule has 0 fully saturated rings. The van der Waals surface area contributed by atoms with Crippen LogP contribution in [0.5, 0.6) is 0 Å². The maximum Gasteiger partial charge on any atom is 0.261 e. The number of anilines is 1. The molecule has 2 aromatic carbocycles. The molecule has 3 amide bonds. The molecule has 0 radical (unpaired) electrons. The summed E-state index contributed by atoms with van der Waals surface area (Å²) in [7, 11) is 0. The van der Waals surface area contributed by atoms with Crippen molar-refractivity contribution in [1.82, 2.24) is 4.90 Å². The van der Waals surface area contributed by atoms with Gasteiger partial charge in [-0.1, -0.05) is 38.1 Å². The maximum atomic E-state index is 12.7. The first-order valence-electron chi connectivity index (χ1n) is 8.73. The molecule has 0 saturated carbocycles. The molecule has 1 aliphatic heterocycles. The van der Waals surface area contributed by atoms with Gasteiger partial charge in [-0.2, -0.15) is 0 Å². The smallest absolute Gasteiger partial charge is 0.261 e. The summed E-state index contributed by atoms with van der Waals surface area (Å²) in [6.45, 7) is 6.08. The summed E-state index contributed by atoms with van der Waals surface area (Å²) >= 11 is 0. The first-order valence-corrected chi connectivity index (χ1v) is 8.73. The van der Waals surface area contributed by atoms with Crippen LogP contribution in [0.1, 0.15) is 40.1 Å². The molecular weight excluding hydrogens is 328 g/mol. The Bertz CT molecular complexity index is 838. The third-order valence-electron chi connectivity index (χ3n) is 4.50. The molecule has 0 aromatic heterocycles. The SMILES string of the molecule is Cc1cccc(N(CCN2C(=O)c3ccccc3C2=O)C(=O)C(C)C)c1. The fraction of sp³-hybridized carbons (Fsp3) is 0.286. The van der Waals surface area contributed by atoms with Crippen molar-refractivity contribution in [2.75, 3.05) is 18.0 Å². The maximum absolute atomic E-state index is 12.7. The highest BCUT2D eigenvalue weighted by Crippen LogP contribution is 2.23. The minimum atomic E-state index is -0.299. The molecule has 0 spiro atoms. The molecule has 1 aliphatic rings. The van der Waals surface area contributed by atoms with E-state index in [1.54, 1.807) is 29.2 Å². The molecule has 2 aromatic rings. The average Bonchev–Trinajstić information content (AvgIpc) is 2.87. The summed E-state index contributed by atoms with van der Waals surface area (Å²) in [6, 6.07) is 14.5. The molecular formula is C21H22N2O3. The summed E-state index contributed by atoms with van der Waals surface area (Å²) in [6.07, 6.45) is 0. The van der Waals surface area contributed by atoms with E-state index in [4.69, 9.17) is 0 Å². The van der Waals surface area contributed by atoms with E-state index in [1.807, 2.05) is 45.0 Å². The number of amides is 3. The Labute approximate surface area is 153 Å². The zero-order valence-electron chi connectivity index (χ0n) is 15.2. The second-order valence-corrected chi connectivity index (χ2v) is 6.79. The monoisotopic (exact) mass is 350 g/mol. The number of benzene rings is 2. The Morgan fingerprint density at radius 2 is 1.62 bits per heavy atom. The Hall–Kier alpha value is -2.95. The molecule has 3 rings (SSSR count). The van der Waals surface area contributed by atoms with Crippen molar-refractivity contribution in [3.8, 4) is 0 Å². The van der Waals surface area contributed by atoms with Crippen molar-refractivity contribution in [1.29, 1.82) is 0 Å². The van der Waals surface area contributed by atoms with Crippen LogP contribution < -0.4 is 4.90 Å². The van der Waals surface area contributed by atoms with Gasteiger partial charge in [0.25, 0.3) is 11.8 Å². The fourth-order valence-electron chi connectivity index (χ4n) is 3.12. The van der Waals surface area contributed by atoms with Gasteiger partial charge >= 0.3 is 0 Å². The predicted octanol–water partition coefficient (Wildman–Crippen LogP) is 3.28. The third-order valence-corrected chi connectivity index (χ3v) is 4.50. The number of carbonyl (C=O) groups is 3. The summed E-state index contributed by atoms with van der Waals surface area (Å²) in [5, 5.41) is 0. The van der Waals surface area contributed by atoms with E-state index in [2.05, 4.69) is 0 Å². The molecule has 0 bridgehead atoms. The van der Waals surface area contributed by atoms with Gasteiger partial charge in [-0.3, -0.25) is 19.3 Å². The van der Waals surface area contributed by atoms with Crippen LogP contribution in [0.4, 0.5) is 5.69 Å². The topological polar surface area (TPSA) is 57.7 Å². The lowest BCUT2D eigenvalue weighted by Gasteiger charge is -2.27. The lowest BCUT2D eigenvalue weighted by Crippen LogP contribution is -2.42. The van der Waals surface area contributed by atoms with E-state index in [1.165, 1.54) is 4.90 Å². The van der Waals surface area contributed by atoms with Crippen molar-refractivity contribution < 1.29 is 14.4 Å². The summed E-state index contributed by atoms with van der Waals surface area (Å²) < 4.78 is 0. The molecule has 0 N–H and O–H groups in total. The Morgan fingerprint density at radius 1 is 1.00 bits per heavy atom. The quantitative estimate of drug-likeness (QED) is 0.778. The second-order valence-electron chi connectivity index (χ2n) is 6.79. The number of fused-ring (bicyclic) bond motifs is 1. The van der Waals surface area contributed by atoms with E-state index in [0.717, 1.165) is 11.3 Å². The number of hydrogen-bond donors (Lipinski definition) is 0. The van der Waals surface area contributed by atoms with Crippen LogP contribution in [0.15, 0.2) is 48.5 Å². The number of hydrogen-bond acceptors (Lipinski definition) is 3. The van der Waals surface area contributed by atoms with Crippen LogP contribution in [-0.4, -0.2) is 35.7 Å². The molecule has 0 saturated heterocycles. The molecule has 0 unspecified atom stereocenters. The van der Waals surface area contributed by atoms with Crippen molar-refractivity contribution in [2.24, 2.45) is 5.92 Å². The molecule has 26 heavy (non-hydrogen) atoms. The highest BCUT2D eigenvalue weighted by molar-refractivity contribution is 6.21. The number of nitrogens with zero attached hydrogens (tertiary/aromatic N) is 2. The number of aryl methyl sites for hydroxylation is 1. The highest BCUT2D eigenvalue weighted by Gasteiger charge is 2.35. The van der Waals surface area contributed by atoms with Gasteiger partial charge in [0, 0.05) is 24.7 Å². The average molecular weight is 350 g/mol. The van der Waals surface area contributed by atoms with Gasteiger partial charge < -0.3 is 4.90 Å². The molecule has 134 valence electrons. The molecule has 5 heteroatoms. The Morgan fingerprint density at radius 3 is 2.15 bits per heavy atom. The van der Waals surface area contributed by atoms with Gasteiger partial charge in [0.2, 0.25) is 5.91 Å². The number of rotatable bonds is 5. The normalized spacial score (nSPS) is 13.3. The summed E-state index contributed by atoms with van der Waals surface area (Å²) in [5.41, 5.74) is 2.68. The third kappa shape index (κ3) is 3.25. The van der Waals surface area contributed by atoms with E-state index in [0.29, 0.717) is 11.1 Å². The zero-order chi connectivity index (χ0) is 18.8. The summed E-state index contributed by atoms with van der Waals surface area (Å²) in [5.74, 6) is -0.816. The lowest BCUT2D eigenvalue weighted by molar-refractivity contribution is -0.121. The van der Waals surface area contributed by atoms with Gasteiger partial charge in [0.1, 0.15) is 0 Å². The highest BCUT2D eigenvalue weighted by atomic mass is 16.2.